The van der Waals surface area contributed by atoms with Gasteiger partial charge in [-0.2, -0.15) is 11.8 Å². The fraction of sp³-hybridized carbons (Fsp3) is 0.625. The first-order valence-electron chi connectivity index (χ1n) is 7.42. The van der Waals surface area contributed by atoms with Gasteiger partial charge in [-0.1, -0.05) is 23.7 Å². The molecule has 1 spiro atoms. The highest BCUT2D eigenvalue weighted by atomic mass is 35.5. The van der Waals surface area contributed by atoms with Gasteiger partial charge >= 0.3 is 0 Å². The molecule has 1 aromatic carbocycles. The minimum atomic E-state index is 0.121. The second-order valence-electron chi connectivity index (χ2n) is 5.91. The summed E-state index contributed by atoms with van der Waals surface area (Å²) < 4.78 is 6.15. The van der Waals surface area contributed by atoms with Crippen molar-refractivity contribution in [3.05, 3.63) is 28.8 Å². The van der Waals surface area contributed by atoms with E-state index in [9.17, 15) is 0 Å². The highest BCUT2D eigenvalue weighted by molar-refractivity contribution is 7.99. The SMILES string of the molecule is Cc1cccc(Cl)c1NC1CCOC2(CCSCC2)C1. The van der Waals surface area contributed by atoms with E-state index in [1.54, 1.807) is 0 Å². The van der Waals surface area contributed by atoms with E-state index >= 15 is 0 Å². The fourth-order valence-corrected chi connectivity index (χ4v) is 4.77. The van der Waals surface area contributed by atoms with Crippen molar-refractivity contribution in [3.63, 3.8) is 0 Å². The van der Waals surface area contributed by atoms with Crippen molar-refractivity contribution in [2.75, 3.05) is 23.4 Å². The Morgan fingerprint density at radius 2 is 2.15 bits per heavy atom. The maximum atomic E-state index is 6.33. The molecule has 2 fully saturated rings. The highest BCUT2D eigenvalue weighted by Crippen LogP contribution is 2.39. The number of benzene rings is 1. The minimum absolute atomic E-state index is 0.121. The van der Waals surface area contributed by atoms with Crippen LogP contribution in [-0.4, -0.2) is 29.8 Å². The van der Waals surface area contributed by atoms with Crippen molar-refractivity contribution in [3.8, 4) is 0 Å². The van der Waals surface area contributed by atoms with Crippen LogP contribution in [-0.2, 0) is 4.74 Å². The third-order valence-corrected chi connectivity index (χ3v) is 5.77. The van der Waals surface area contributed by atoms with E-state index in [0.717, 1.165) is 30.2 Å². The topological polar surface area (TPSA) is 21.3 Å². The molecule has 0 radical (unpaired) electrons. The van der Waals surface area contributed by atoms with E-state index in [1.807, 2.05) is 12.1 Å². The Kier molecular flexibility index (Phi) is 4.49. The third kappa shape index (κ3) is 3.10. The van der Waals surface area contributed by atoms with Crippen LogP contribution in [0.3, 0.4) is 0 Å². The van der Waals surface area contributed by atoms with Crippen LogP contribution in [0.2, 0.25) is 5.02 Å². The maximum Gasteiger partial charge on any atom is 0.0717 e. The molecule has 2 nitrogen and oxygen atoms in total. The van der Waals surface area contributed by atoms with Crippen LogP contribution in [0, 0.1) is 6.92 Å². The smallest absolute Gasteiger partial charge is 0.0717 e. The van der Waals surface area contributed by atoms with Gasteiger partial charge in [0, 0.05) is 12.6 Å². The molecule has 20 heavy (non-hydrogen) atoms. The number of aryl methyl sites for hydroxylation is 1. The zero-order valence-corrected chi connectivity index (χ0v) is 13.5. The van der Waals surface area contributed by atoms with Gasteiger partial charge < -0.3 is 10.1 Å². The van der Waals surface area contributed by atoms with Gasteiger partial charge in [0.05, 0.1) is 16.3 Å². The molecule has 2 saturated heterocycles. The van der Waals surface area contributed by atoms with E-state index < -0.39 is 0 Å². The van der Waals surface area contributed by atoms with Crippen LogP contribution in [0.5, 0.6) is 0 Å². The molecule has 0 aromatic heterocycles. The number of nitrogens with one attached hydrogen (secondary N) is 1. The first-order valence-corrected chi connectivity index (χ1v) is 8.95. The average molecular weight is 312 g/mol. The summed E-state index contributed by atoms with van der Waals surface area (Å²) in [6.45, 7) is 2.98. The first-order chi connectivity index (χ1) is 9.69. The quantitative estimate of drug-likeness (QED) is 0.868. The van der Waals surface area contributed by atoms with Gasteiger partial charge in [-0.25, -0.2) is 0 Å². The van der Waals surface area contributed by atoms with Crippen LogP contribution in [0.25, 0.3) is 0 Å². The standard InChI is InChI=1S/C16H22ClNOS/c1-12-3-2-4-14(17)15(12)18-13-5-8-19-16(11-13)6-9-20-10-7-16/h2-4,13,18H,5-11H2,1H3. The Balaban J connectivity index is 1.71. The van der Waals surface area contributed by atoms with E-state index in [4.69, 9.17) is 16.3 Å². The summed E-state index contributed by atoms with van der Waals surface area (Å²) in [5, 5.41) is 4.49. The molecule has 2 heterocycles. The van der Waals surface area contributed by atoms with Crippen molar-refractivity contribution in [1.29, 1.82) is 0 Å². The number of halogens is 1. The van der Waals surface area contributed by atoms with Crippen LogP contribution >= 0.6 is 23.4 Å². The molecule has 4 heteroatoms. The van der Waals surface area contributed by atoms with Crippen LogP contribution in [0.4, 0.5) is 5.69 Å². The monoisotopic (exact) mass is 311 g/mol. The van der Waals surface area contributed by atoms with Gasteiger partial charge in [-0.05, 0) is 55.7 Å². The molecule has 1 N–H and O–H groups in total. The Hall–Kier alpha value is -0.380. The number of rotatable bonds is 2. The number of para-hydroxylation sites is 1. The van der Waals surface area contributed by atoms with E-state index in [0.29, 0.717) is 6.04 Å². The minimum Gasteiger partial charge on any atom is -0.381 e. The zero-order valence-electron chi connectivity index (χ0n) is 12.0. The summed E-state index contributed by atoms with van der Waals surface area (Å²) in [7, 11) is 0. The Morgan fingerprint density at radius 1 is 1.35 bits per heavy atom. The third-order valence-electron chi connectivity index (χ3n) is 4.47. The molecule has 0 aliphatic carbocycles. The summed E-state index contributed by atoms with van der Waals surface area (Å²) in [5.41, 5.74) is 2.44. The van der Waals surface area contributed by atoms with Gasteiger partial charge in [0.15, 0.2) is 0 Å². The predicted molar refractivity (Wildman–Crippen MR) is 88.1 cm³/mol. The summed E-state index contributed by atoms with van der Waals surface area (Å²) in [6.07, 6.45) is 4.56. The molecule has 0 saturated carbocycles. The van der Waals surface area contributed by atoms with E-state index in [2.05, 4.69) is 30.1 Å². The van der Waals surface area contributed by atoms with E-state index in [-0.39, 0.29) is 5.60 Å². The second-order valence-corrected chi connectivity index (χ2v) is 7.54. The average Bonchev–Trinajstić information content (AvgIpc) is 2.44. The number of ether oxygens (including phenoxy) is 1. The van der Waals surface area contributed by atoms with Crippen molar-refractivity contribution < 1.29 is 4.74 Å². The molecular weight excluding hydrogens is 290 g/mol. The fourth-order valence-electron chi connectivity index (χ4n) is 3.26. The zero-order chi connectivity index (χ0) is 14.0. The highest BCUT2D eigenvalue weighted by Gasteiger charge is 2.38. The summed E-state index contributed by atoms with van der Waals surface area (Å²) in [5.74, 6) is 2.47. The molecule has 1 aromatic rings. The first kappa shape index (κ1) is 14.6. The largest absolute Gasteiger partial charge is 0.381 e. The molecule has 2 aliphatic heterocycles. The summed E-state index contributed by atoms with van der Waals surface area (Å²) in [4.78, 5) is 0. The Bertz CT molecular complexity index is 448. The molecule has 0 amide bonds. The van der Waals surface area contributed by atoms with Gasteiger partial charge in [0.25, 0.3) is 0 Å². The Morgan fingerprint density at radius 3 is 2.90 bits per heavy atom. The van der Waals surface area contributed by atoms with Crippen molar-refractivity contribution in [2.45, 2.75) is 44.2 Å². The molecule has 0 bridgehead atoms. The van der Waals surface area contributed by atoms with Crippen molar-refractivity contribution in [2.24, 2.45) is 0 Å². The Labute approximate surface area is 130 Å². The van der Waals surface area contributed by atoms with E-state index in [1.165, 1.54) is 29.9 Å². The second kappa shape index (κ2) is 6.17. The lowest BCUT2D eigenvalue weighted by Gasteiger charge is -2.43. The van der Waals surface area contributed by atoms with Crippen LogP contribution in [0.1, 0.15) is 31.2 Å². The van der Waals surface area contributed by atoms with Gasteiger partial charge in [0.1, 0.15) is 0 Å². The van der Waals surface area contributed by atoms with Crippen molar-refractivity contribution >= 4 is 29.1 Å². The lowest BCUT2D eigenvalue weighted by molar-refractivity contribution is -0.0865. The molecule has 2 aliphatic rings. The van der Waals surface area contributed by atoms with Gasteiger partial charge in [-0.15, -0.1) is 0 Å². The van der Waals surface area contributed by atoms with Crippen LogP contribution < -0.4 is 5.32 Å². The number of anilines is 1. The number of hydrogen-bond acceptors (Lipinski definition) is 3. The number of hydrogen-bond donors (Lipinski definition) is 1. The predicted octanol–water partition coefficient (Wildman–Crippen LogP) is 4.51. The van der Waals surface area contributed by atoms with Gasteiger partial charge in [-0.3, -0.25) is 0 Å². The molecule has 1 atom stereocenters. The number of thioether (sulfide) groups is 1. The summed E-state index contributed by atoms with van der Waals surface area (Å²) in [6, 6.07) is 6.56. The summed E-state index contributed by atoms with van der Waals surface area (Å²) >= 11 is 8.38. The van der Waals surface area contributed by atoms with Crippen LogP contribution in [0.15, 0.2) is 18.2 Å². The lowest BCUT2D eigenvalue weighted by atomic mass is 9.85. The lowest BCUT2D eigenvalue weighted by Crippen LogP contribution is -2.46. The molecule has 3 rings (SSSR count). The van der Waals surface area contributed by atoms with Crippen molar-refractivity contribution in [1.82, 2.24) is 0 Å². The maximum absolute atomic E-state index is 6.33. The molecular formula is C16H22ClNOS. The van der Waals surface area contributed by atoms with Gasteiger partial charge in [0.2, 0.25) is 0 Å². The normalized spacial score (nSPS) is 25.6. The molecule has 1 unspecified atom stereocenters. The molecule has 110 valence electrons.